The van der Waals surface area contributed by atoms with Crippen LogP contribution in [0.5, 0.6) is 0 Å². The van der Waals surface area contributed by atoms with Crippen LogP contribution in [0.4, 0.5) is 4.39 Å². The monoisotopic (exact) mass is 333 g/mol. The highest BCUT2D eigenvalue weighted by Crippen LogP contribution is 2.29. The molecule has 0 fully saturated rings. The summed E-state index contributed by atoms with van der Waals surface area (Å²) in [5.41, 5.74) is 0. The Hall–Kier alpha value is -2.05. The van der Waals surface area contributed by atoms with Crippen molar-refractivity contribution in [3.8, 4) is 0 Å². The molecule has 2 aromatic rings. The van der Waals surface area contributed by atoms with Crippen molar-refractivity contribution in [1.82, 2.24) is 20.2 Å². The van der Waals surface area contributed by atoms with Gasteiger partial charge in [0.15, 0.2) is 0 Å². The van der Waals surface area contributed by atoms with E-state index in [1.54, 1.807) is 0 Å². The molecule has 1 heterocycles. The summed E-state index contributed by atoms with van der Waals surface area (Å²) in [6.45, 7) is -0.480. The van der Waals surface area contributed by atoms with Gasteiger partial charge in [0.1, 0.15) is 12.4 Å². The van der Waals surface area contributed by atoms with Crippen molar-refractivity contribution in [2.75, 3.05) is 0 Å². The lowest BCUT2D eigenvalue weighted by Crippen LogP contribution is -2.12. The van der Waals surface area contributed by atoms with Crippen molar-refractivity contribution in [2.45, 2.75) is 21.5 Å². The molecule has 112 valence electrons. The van der Waals surface area contributed by atoms with Crippen LogP contribution in [0.3, 0.4) is 0 Å². The predicted molar refractivity (Wildman–Crippen MR) is 67.3 cm³/mol. The summed E-state index contributed by atoms with van der Waals surface area (Å²) in [5, 5.41) is 23.9. The molecular formula is C9H8FN5O4S2. The van der Waals surface area contributed by atoms with Crippen molar-refractivity contribution >= 4 is 27.8 Å². The molecule has 0 unspecified atom stereocenters. The number of carbonyl (C=O) groups is 1. The minimum atomic E-state index is -4.00. The second-order valence-electron chi connectivity index (χ2n) is 3.75. The first kappa shape index (κ1) is 15.3. The van der Waals surface area contributed by atoms with Crippen molar-refractivity contribution in [3.63, 3.8) is 0 Å². The quantitative estimate of drug-likeness (QED) is 0.759. The molecule has 0 aliphatic heterocycles. The lowest BCUT2D eigenvalue weighted by atomic mass is 10.3. The number of carboxylic acid groups (broad SMARTS) is 1. The molecular weight excluding hydrogens is 325 g/mol. The summed E-state index contributed by atoms with van der Waals surface area (Å²) in [5.74, 6) is -1.99. The Labute approximate surface area is 122 Å². The van der Waals surface area contributed by atoms with Crippen LogP contribution in [0.25, 0.3) is 0 Å². The molecule has 2 rings (SSSR count). The number of rotatable bonds is 5. The number of benzene rings is 1. The molecule has 9 nitrogen and oxygen atoms in total. The van der Waals surface area contributed by atoms with E-state index in [4.69, 9.17) is 10.2 Å². The Morgan fingerprint density at radius 3 is 2.76 bits per heavy atom. The zero-order valence-corrected chi connectivity index (χ0v) is 11.8. The smallest absolute Gasteiger partial charge is 0.325 e. The first-order valence-electron chi connectivity index (χ1n) is 5.25. The number of hydrogen-bond acceptors (Lipinski definition) is 7. The van der Waals surface area contributed by atoms with E-state index in [1.807, 2.05) is 0 Å². The fraction of sp³-hybridized carbons (Fsp3) is 0.111. The Kier molecular flexibility index (Phi) is 4.20. The molecule has 12 heteroatoms. The normalized spacial score (nSPS) is 11.5. The number of nitrogens with zero attached hydrogens (tertiary/aromatic N) is 4. The molecule has 1 aromatic heterocycles. The molecule has 0 aliphatic rings. The van der Waals surface area contributed by atoms with Crippen LogP contribution in [0.15, 0.2) is 33.1 Å². The van der Waals surface area contributed by atoms with Gasteiger partial charge in [0, 0.05) is 0 Å². The van der Waals surface area contributed by atoms with Gasteiger partial charge >= 0.3 is 5.97 Å². The average molecular weight is 333 g/mol. The highest BCUT2D eigenvalue weighted by Gasteiger charge is 2.16. The van der Waals surface area contributed by atoms with Gasteiger partial charge in [0.25, 0.3) is 0 Å². The number of sulfonamides is 1. The van der Waals surface area contributed by atoms with Gasteiger partial charge in [-0.25, -0.2) is 22.6 Å². The van der Waals surface area contributed by atoms with E-state index in [9.17, 15) is 17.6 Å². The van der Waals surface area contributed by atoms with E-state index in [0.29, 0.717) is 0 Å². The maximum atomic E-state index is 13.8. The van der Waals surface area contributed by atoms with Crippen molar-refractivity contribution in [1.29, 1.82) is 0 Å². The lowest BCUT2D eigenvalue weighted by Gasteiger charge is -2.04. The summed E-state index contributed by atoms with van der Waals surface area (Å²) in [6, 6.07) is 3.09. The second-order valence-corrected chi connectivity index (χ2v) is 6.32. The van der Waals surface area contributed by atoms with Crippen molar-refractivity contribution < 1.29 is 22.7 Å². The van der Waals surface area contributed by atoms with Gasteiger partial charge in [-0.15, -0.1) is 5.10 Å². The van der Waals surface area contributed by atoms with Gasteiger partial charge in [-0.2, -0.15) is 0 Å². The molecule has 3 N–H and O–H groups in total. The summed E-state index contributed by atoms with van der Waals surface area (Å²) >= 11 is 0.762. The third-order valence-corrected chi connectivity index (χ3v) is 4.15. The van der Waals surface area contributed by atoms with Gasteiger partial charge in [0.05, 0.1) is 9.79 Å². The van der Waals surface area contributed by atoms with Crippen molar-refractivity contribution in [3.05, 3.63) is 24.0 Å². The van der Waals surface area contributed by atoms with Crippen LogP contribution in [-0.2, 0) is 21.4 Å². The van der Waals surface area contributed by atoms with Crippen LogP contribution in [-0.4, -0.2) is 39.7 Å². The Balaban J connectivity index is 2.29. The maximum Gasteiger partial charge on any atom is 0.325 e. The fourth-order valence-electron chi connectivity index (χ4n) is 1.34. The van der Waals surface area contributed by atoms with Crippen LogP contribution in [0.1, 0.15) is 0 Å². The minimum Gasteiger partial charge on any atom is -0.480 e. The molecule has 0 saturated carbocycles. The number of primary sulfonamides is 1. The molecule has 0 aliphatic carbocycles. The zero-order chi connectivity index (χ0) is 15.6. The topological polar surface area (TPSA) is 141 Å². The van der Waals surface area contributed by atoms with Crippen LogP contribution in [0.2, 0.25) is 0 Å². The van der Waals surface area contributed by atoms with Crippen LogP contribution >= 0.6 is 11.8 Å². The number of tetrazole rings is 1. The third-order valence-electron chi connectivity index (χ3n) is 2.22. The molecule has 0 saturated heterocycles. The van der Waals surface area contributed by atoms with E-state index in [2.05, 4.69) is 15.5 Å². The number of hydrogen-bond donors (Lipinski definition) is 2. The Morgan fingerprint density at radius 2 is 2.19 bits per heavy atom. The number of nitrogens with two attached hydrogens (primary N) is 1. The fourth-order valence-corrected chi connectivity index (χ4v) is 2.63. The van der Waals surface area contributed by atoms with Gasteiger partial charge in [0.2, 0.25) is 15.2 Å². The van der Waals surface area contributed by atoms with E-state index < -0.39 is 28.4 Å². The van der Waals surface area contributed by atoms with Crippen LogP contribution < -0.4 is 5.14 Å². The SMILES string of the molecule is NS(=O)(=O)c1ccc(Sc2nnnn2CC(=O)O)c(F)c1. The molecule has 0 bridgehead atoms. The van der Waals surface area contributed by atoms with E-state index in [1.165, 1.54) is 6.07 Å². The van der Waals surface area contributed by atoms with Crippen LogP contribution in [0, 0.1) is 5.82 Å². The lowest BCUT2D eigenvalue weighted by molar-refractivity contribution is -0.138. The molecule has 1 aromatic carbocycles. The molecule has 0 radical (unpaired) electrons. The molecule has 0 atom stereocenters. The van der Waals surface area contributed by atoms with Gasteiger partial charge in [-0.05, 0) is 40.4 Å². The van der Waals surface area contributed by atoms with Gasteiger partial charge in [-0.3, -0.25) is 4.79 Å². The molecule has 21 heavy (non-hydrogen) atoms. The highest BCUT2D eigenvalue weighted by molar-refractivity contribution is 7.99. The summed E-state index contributed by atoms with van der Waals surface area (Å²) in [7, 11) is -4.00. The first-order valence-corrected chi connectivity index (χ1v) is 7.62. The van der Waals surface area contributed by atoms with Crippen molar-refractivity contribution in [2.24, 2.45) is 5.14 Å². The largest absolute Gasteiger partial charge is 0.480 e. The number of halogens is 1. The number of aromatic nitrogens is 4. The first-order chi connectivity index (χ1) is 9.77. The summed E-state index contributed by atoms with van der Waals surface area (Å²) in [6.07, 6.45) is 0. The standard InChI is InChI=1S/C9H8FN5O4S2/c10-6-3-5(21(11,18)19)1-2-7(6)20-9-12-13-14-15(9)4-8(16)17/h1-3H,4H2,(H,16,17)(H2,11,18,19). The number of carboxylic acids is 1. The molecule has 0 amide bonds. The predicted octanol–water partition coefficient (Wildman–Crippen LogP) is -0.305. The Bertz CT molecular complexity index is 791. The summed E-state index contributed by atoms with van der Waals surface area (Å²) < 4.78 is 37.0. The summed E-state index contributed by atoms with van der Waals surface area (Å²) in [4.78, 5) is 10.3. The Morgan fingerprint density at radius 1 is 1.48 bits per heavy atom. The van der Waals surface area contributed by atoms with E-state index in [0.717, 1.165) is 28.6 Å². The van der Waals surface area contributed by atoms with Gasteiger partial charge in [-0.1, -0.05) is 0 Å². The average Bonchev–Trinajstić information content (AvgIpc) is 2.77. The van der Waals surface area contributed by atoms with E-state index in [-0.39, 0.29) is 14.9 Å². The maximum absolute atomic E-state index is 13.8. The minimum absolute atomic E-state index is 0.0313. The van der Waals surface area contributed by atoms with E-state index >= 15 is 0 Å². The van der Waals surface area contributed by atoms with Gasteiger partial charge < -0.3 is 5.11 Å². The number of aliphatic carboxylic acids is 1. The third kappa shape index (κ3) is 3.74. The second kappa shape index (κ2) is 5.75. The highest BCUT2D eigenvalue weighted by atomic mass is 32.2. The zero-order valence-electron chi connectivity index (χ0n) is 10.2. The molecule has 0 spiro atoms.